The molecule has 110 valence electrons. The zero-order valence-corrected chi connectivity index (χ0v) is 11.9. The second-order valence-electron chi connectivity index (χ2n) is 4.72. The molecule has 1 aromatic rings. The van der Waals surface area contributed by atoms with Crippen molar-refractivity contribution in [2.75, 3.05) is 6.54 Å². The Labute approximate surface area is 119 Å². The molecule has 0 aliphatic rings. The van der Waals surface area contributed by atoms with Crippen molar-refractivity contribution in [2.45, 2.75) is 32.7 Å². The molecule has 0 spiro atoms. The van der Waals surface area contributed by atoms with Gasteiger partial charge in [0.1, 0.15) is 0 Å². The Kier molecular flexibility index (Phi) is 6.56. The quantitative estimate of drug-likeness (QED) is 0.717. The largest absolute Gasteiger partial charge is 0.479 e. The molecule has 1 unspecified atom stereocenters. The predicted molar refractivity (Wildman–Crippen MR) is 77.4 cm³/mol. The zero-order valence-electron chi connectivity index (χ0n) is 11.9. The van der Waals surface area contributed by atoms with E-state index < -0.39 is 18.0 Å². The number of urea groups is 1. The maximum absolute atomic E-state index is 11.8. The summed E-state index contributed by atoms with van der Waals surface area (Å²) in [5, 5.41) is 14.4. The van der Waals surface area contributed by atoms with Gasteiger partial charge in [0.25, 0.3) is 0 Å². The van der Waals surface area contributed by atoms with Gasteiger partial charge in [0.05, 0.1) is 0 Å². The second-order valence-corrected chi connectivity index (χ2v) is 4.72. The molecule has 1 atom stereocenters. The molecular weight excluding hydrogens is 256 g/mol. The number of carbonyl (C=O) groups excluding carboxylic acids is 1. The van der Waals surface area contributed by atoms with Crippen molar-refractivity contribution >= 4 is 12.0 Å². The number of amides is 2. The Hall–Kier alpha value is -2.04. The van der Waals surface area contributed by atoms with Gasteiger partial charge in [-0.1, -0.05) is 57.0 Å². The van der Waals surface area contributed by atoms with Crippen LogP contribution in [-0.2, 0) is 4.79 Å². The SMILES string of the molecule is CCC(CC)CNC(=O)NC(C(=O)O)c1ccccc1. The van der Waals surface area contributed by atoms with E-state index in [0.717, 1.165) is 12.8 Å². The van der Waals surface area contributed by atoms with Gasteiger partial charge in [0.2, 0.25) is 0 Å². The van der Waals surface area contributed by atoms with E-state index in [2.05, 4.69) is 24.5 Å². The summed E-state index contributed by atoms with van der Waals surface area (Å²) in [4.78, 5) is 23.0. The monoisotopic (exact) mass is 278 g/mol. The maximum Gasteiger partial charge on any atom is 0.330 e. The van der Waals surface area contributed by atoms with E-state index >= 15 is 0 Å². The van der Waals surface area contributed by atoms with Crippen LogP contribution in [0.25, 0.3) is 0 Å². The molecule has 0 heterocycles. The van der Waals surface area contributed by atoms with Crippen LogP contribution in [-0.4, -0.2) is 23.7 Å². The van der Waals surface area contributed by atoms with Crippen LogP contribution in [0.4, 0.5) is 4.79 Å². The molecule has 0 bridgehead atoms. The lowest BCUT2D eigenvalue weighted by Crippen LogP contribution is -2.42. The van der Waals surface area contributed by atoms with E-state index in [1.807, 2.05) is 0 Å². The molecule has 0 saturated carbocycles. The normalized spacial score (nSPS) is 11.9. The molecule has 0 aliphatic heterocycles. The Morgan fingerprint density at radius 2 is 1.75 bits per heavy atom. The van der Waals surface area contributed by atoms with Gasteiger partial charge in [0.15, 0.2) is 6.04 Å². The molecule has 1 aromatic carbocycles. The Morgan fingerprint density at radius 1 is 1.15 bits per heavy atom. The Bertz CT molecular complexity index is 430. The Balaban J connectivity index is 2.59. The summed E-state index contributed by atoms with van der Waals surface area (Å²) < 4.78 is 0. The molecule has 3 N–H and O–H groups in total. The van der Waals surface area contributed by atoms with Crippen molar-refractivity contribution in [3.05, 3.63) is 35.9 Å². The lowest BCUT2D eigenvalue weighted by atomic mass is 10.0. The minimum atomic E-state index is -1.08. The van der Waals surface area contributed by atoms with E-state index in [1.54, 1.807) is 30.3 Å². The van der Waals surface area contributed by atoms with Gasteiger partial charge in [-0.25, -0.2) is 9.59 Å². The minimum Gasteiger partial charge on any atom is -0.479 e. The van der Waals surface area contributed by atoms with Gasteiger partial charge in [-0.3, -0.25) is 0 Å². The summed E-state index contributed by atoms with van der Waals surface area (Å²) in [6.45, 7) is 4.69. The third-order valence-corrected chi connectivity index (χ3v) is 3.36. The lowest BCUT2D eigenvalue weighted by molar-refractivity contribution is -0.139. The molecule has 0 radical (unpaired) electrons. The number of benzene rings is 1. The number of carboxylic acids is 1. The fourth-order valence-corrected chi connectivity index (χ4v) is 1.93. The molecule has 1 rings (SSSR count). The number of rotatable bonds is 7. The zero-order chi connectivity index (χ0) is 15.0. The van der Waals surface area contributed by atoms with Crippen LogP contribution < -0.4 is 10.6 Å². The number of hydrogen-bond acceptors (Lipinski definition) is 2. The number of hydrogen-bond donors (Lipinski definition) is 3. The van der Waals surface area contributed by atoms with Gasteiger partial charge in [-0.05, 0) is 11.5 Å². The Morgan fingerprint density at radius 3 is 2.25 bits per heavy atom. The second kappa shape index (κ2) is 8.19. The molecule has 0 aliphatic carbocycles. The minimum absolute atomic E-state index is 0.417. The fourth-order valence-electron chi connectivity index (χ4n) is 1.93. The van der Waals surface area contributed by atoms with E-state index in [-0.39, 0.29) is 0 Å². The highest BCUT2D eigenvalue weighted by Crippen LogP contribution is 2.12. The molecule has 5 heteroatoms. The highest BCUT2D eigenvalue weighted by molar-refractivity contribution is 5.83. The smallest absolute Gasteiger partial charge is 0.330 e. The van der Waals surface area contributed by atoms with Crippen molar-refractivity contribution in [3.8, 4) is 0 Å². The standard InChI is InChI=1S/C15H22N2O3/c1-3-11(4-2)10-16-15(20)17-13(14(18)19)12-8-6-5-7-9-12/h5-9,11,13H,3-4,10H2,1-2H3,(H,18,19)(H2,16,17,20). The first-order valence-electron chi connectivity index (χ1n) is 6.90. The molecule has 0 saturated heterocycles. The van der Waals surface area contributed by atoms with E-state index in [4.69, 9.17) is 0 Å². The number of nitrogens with one attached hydrogen (secondary N) is 2. The van der Waals surface area contributed by atoms with E-state index in [9.17, 15) is 14.7 Å². The first-order valence-corrected chi connectivity index (χ1v) is 6.90. The summed E-state index contributed by atoms with van der Waals surface area (Å²) in [5.41, 5.74) is 0.553. The number of carboxylic acid groups (broad SMARTS) is 1. The van der Waals surface area contributed by atoms with Crippen LogP contribution in [0.5, 0.6) is 0 Å². The third kappa shape index (κ3) is 4.91. The van der Waals surface area contributed by atoms with Crippen LogP contribution in [0.3, 0.4) is 0 Å². The first-order chi connectivity index (χ1) is 9.58. The average molecular weight is 278 g/mol. The highest BCUT2D eigenvalue weighted by Gasteiger charge is 2.21. The van der Waals surface area contributed by atoms with Gasteiger partial charge in [-0.2, -0.15) is 0 Å². The van der Waals surface area contributed by atoms with Gasteiger partial charge in [0, 0.05) is 6.54 Å². The molecule has 0 fully saturated rings. The summed E-state index contributed by atoms with van der Waals surface area (Å²) in [6.07, 6.45) is 1.97. The molecule has 5 nitrogen and oxygen atoms in total. The van der Waals surface area contributed by atoms with Crippen molar-refractivity contribution in [1.82, 2.24) is 10.6 Å². The number of carbonyl (C=O) groups is 2. The van der Waals surface area contributed by atoms with Crippen LogP contribution in [0.2, 0.25) is 0 Å². The highest BCUT2D eigenvalue weighted by atomic mass is 16.4. The summed E-state index contributed by atoms with van der Waals surface area (Å²) >= 11 is 0. The van der Waals surface area contributed by atoms with Crippen LogP contribution in [0.1, 0.15) is 38.3 Å². The van der Waals surface area contributed by atoms with E-state index in [1.165, 1.54) is 0 Å². The van der Waals surface area contributed by atoms with Crippen molar-refractivity contribution in [1.29, 1.82) is 0 Å². The van der Waals surface area contributed by atoms with Crippen LogP contribution >= 0.6 is 0 Å². The molecular formula is C15H22N2O3. The van der Waals surface area contributed by atoms with Gasteiger partial charge in [-0.15, -0.1) is 0 Å². The fraction of sp³-hybridized carbons (Fsp3) is 0.467. The van der Waals surface area contributed by atoms with Gasteiger partial charge < -0.3 is 15.7 Å². The van der Waals surface area contributed by atoms with Crippen molar-refractivity contribution in [3.63, 3.8) is 0 Å². The van der Waals surface area contributed by atoms with Crippen molar-refractivity contribution in [2.24, 2.45) is 5.92 Å². The topological polar surface area (TPSA) is 78.4 Å². The summed E-state index contributed by atoms with van der Waals surface area (Å²) in [5.74, 6) is -0.658. The molecule has 2 amide bonds. The van der Waals surface area contributed by atoms with Crippen LogP contribution in [0, 0.1) is 5.92 Å². The summed E-state index contributed by atoms with van der Waals surface area (Å²) in [6, 6.07) is 7.17. The van der Waals surface area contributed by atoms with Crippen LogP contribution in [0.15, 0.2) is 30.3 Å². The maximum atomic E-state index is 11.8. The third-order valence-electron chi connectivity index (χ3n) is 3.36. The van der Waals surface area contributed by atoms with E-state index in [0.29, 0.717) is 18.0 Å². The predicted octanol–water partition coefficient (Wildman–Crippen LogP) is 2.55. The first kappa shape index (κ1) is 16.0. The lowest BCUT2D eigenvalue weighted by Gasteiger charge is -2.17. The molecule has 20 heavy (non-hydrogen) atoms. The van der Waals surface area contributed by atoms with Gasteiger partial charge >= 0.3 is 12.0 Å². The molecule has 0 aromatic heterocycles. The van der Waals surface area contributed by atoms with Crippen molar-refractivity contribution < 1.29 is 14.7 Å². The number of aliphatic carboxylic acids is 1. The average Bonchev–Trinajstić information content (AvgIpc) is 2.46. The summed E-state index contributed by atoms with van der Waals surface area (Å²) in [7, 11) is 0.